The third-order valence-corrected chi connectivity index (χ3v) is 8.40. The Bertz CT molecular complexity index is 1560. The summed E-state index contributed by atoms with van der Waals surface area (Å²) in [6, 6.07) is 15.0. The number of carbonyl (C=O) groups excluding carboxylic acids is 1. The van der Waals surface area contributed by atoms with Gasteiger partial charge in [-0.25, -0.2) is 12.8 Å². The fourth-order valence-electron chi connectivity index (χ4n) is 4.41. The van der Waals surface area contributed by atoms with E-state index < -0.39 is 21.8 Å². The number of carbonyl (C=O) groups is 1. The summed E-state index contributed by atoms with van der Waals surface area (Å²) in [6.07, 6.45) is 5.46. The van der Waals surface area contributed by atoms with Crippen LogP contribution in [-0.2, 0) is 14.8 Å². The van der Waals surface area contributed by atoms with Crippen LogP contribution in [0.5, 0.6) is 0 Å². The molecule has 1 atom stereocenters. The van der Waals surface area contributed by atoms with Crippen molar-refractivity contribution in [2.24, 2.45) is 5.92 Å². The molecule has 11 heteroatoms. The van der Waals surface area contributed by atoms with Crippen LogP contribution in [0.25, 0.3) is 23.5 Å². The molecule has 3 heterocycles. The van der Waals surface area contributed by atoms with Crippen molar-refractivity contribution in [3.05, 3.63) is 83.6 Å². The first-order chi connectivity index (χ1) is 18.3. The molecule has 0 unspecified atom stereocenters. The van der Waals surface area contributed by atoms with Crippen LogP contribution in [0.2, 0.25) is 0 Å². The summed E-state index contributed by atoms with van der Waals surface area (Å²) in [5.41, 5.74) is 1.89. The first kappa shape index (κ1) is 25.6. The predicted molar refractivity (Wildman–Crippen MR) is 139 cm³/mol. The van der Waals surface area contributed by atoms with Crippen molar-refractivity contribution in [3.8, 4) is 11.3 Å². The lowest BCUT2D eigenvalue weighted by molar-refractivity contribution is -0.120. The summed E-state index contributed by atoms with van der Waals surface area (Å²) in [5.74, 6) is -0.627. The normalized spacial score (nSPS) is 16.6. The maximum atomic E-state index is 14.0. The zero-order valence-corrected chi connectivity index (χ0v) is 21.3. The van der Waals surface area contributed by atoms with Crippen LogP contribution in [0, 0.1) is 18.7 Å². The third kappa shape index (κ3) is 5.29. The van der Waals surface area contributed by atoms with Crippen LogP contribution in [-0.4, -0.2) is 42.0 Å². The number of halogens is 1. The van der Waals surface area contributed by atoms with Gasteiger partial charge in [0.15, 0.2) is 16.4 Å². The quantitative estimate of drug-likeness (QED) is 0.354. The number of amides is 1. The fourth-order valence-corrected chi connectivity index (χ4v) is 6.18. The van der Waals surface area contributed by atoms with Gasteiger partial charge in [-0.3, -0.25) is 4.79 Å². The van der Waals surface area contributed by atoms with Crippen LogP contribution in [0.4, 0.5) is 10.1 Å². The van der Waals surface area contributed by atoms with E-state index in [4.69, 9.17) is 9.05 Å². The van der Waals surface area contributed by atoms with Crippen molar-refractivity contribution in [2.75, 3.05) is 18.4 Å². The molecule has 1 N–H and O–H groups in total. The number of sulfonamides is 1. The van der Waals surface area contributed by atoms with E-state index in [0.29, 0.717) is 24.3 Å². The van der Waals surface area contributed by atoms with Crippen LogP contribution in [0.3, 0.4) is 0 Å². The molecule has 1 fully saturated rings. The van der Waals surface area contributed by atoms with Crippen LogP contribution < -0.4 is 5.32 Å². The van der Waals surface area contributed by atoms with Crippen molar-refractivity contribution >= 4 is 33.8 Å². The lowest BCUT2D eigenvalue weighted by atomic mass is 9.98. The molecule has 1 aliphatic heterocycles. The summed E-state index contributed by atoms with van der Waals surface area (Å²) < 4.78 is 52.9. The highest BCUT2D eigenvalue weighted by Gasteiger charge is 2.37. The fraction of sp³-hybridized carbons (Fsp3) is 0.222. The molecule has 5 rings (SSSR count). The molecule has 1 saturated heterocycles. The highest BCUT2D eigenvalue weighted by Crippen LogP contribution is 2.30. The zero-order chi connectivity index (χ0) is 26.7. The van der Waals surface area contributed by atoms with E-state index in [1.165, 1.54) is 29.4 Å². The van der Waals surface area contributed by atoms with Crippen LogP contribution >= 0.6 is 0 Å². The van der Waals surface area contributed by atoms with E-state index in [1.54, 1.807) is 54.7 Å². The topological polar surface area (TPSA) is 119 Å². The standard InChI is InChI=1S/C27H25FN4O5S/c1-18-26(25(37-31-18)13-10-19-5-2-3-7-23(19)28)38(34,35)32-16-4-6-21(17-32)27(33)30-22-11-8-20(9-12-22)24-14-15-29-36-24/h2-3,5,7-15,21H,4,6,16-17H2,1H3,(H,30,33)/b13-10+/t21-/m0/s1. The molecule has 4 aromatic rings. The zero-order valence-electron chi connectivity index (χ0n) is 20.5. The number of aromatic nitrogens is 2. The number of piperidine rings is 1. The van der Waals surface area contributed by atoms with Crippen molar-refractivity contribution in [1.82, 2.24) is 14.6 Å². The third-order valence-electron chi connectivity index (χ3n) is 6.38. The van der Waals surface area contributed by atoms with E-state index in [2.05, 4.69) is 15.6 Å². The number of hydrogen-bond donors (Lipinski definition) is 1. The Morgan fingerprint density at radius 3 is 2.63 bits per heavy atom. The Morgan fingerprint density at radius 1 is 1.11 bits per heavy atom. The largest absolute Gasteiger partial charge is 0.356 e. The van der Waals surface area contributed by atoms with Gasteiger partial charge in [0.25, 0.3) is 0 Å². The molecular weight excluding hydrogens is 511 g/mol. The minimum atomic E-state index is -4.03. The van der Waals surface area contributed by atoms with Crippen molar-refractivity contribution in [3.63, 3.8) is 0 Å². The SMILES string of the molecule is Cc1noc(/C=C/c2ccccc2F)c1S(=O)(=O)N1CCC[C@H](C(=O)Nc2ccc(-c3ccno3)cc2)C1. The molecule has 0 spiro atoms. The van der Waals surface area contributed by atoms with Gasteiger partial charge in [0, 0.05) is 36.0 Å². The van der Waals surface area contributed by atoms with E-state index in [0.717, 1.165) is 5.56 Å². The average molecular weight is 537 g/mol. The molecule has 0 aliphatic carbocycles. The summed E-state index contributed by atoms with van der Waals surface area (Å²) in [5, 5.41) is 10.4. The van der Waals surface area contributed by atoms with Crippen LogP contribution in [0.1, 0.15) is 29.9 Å². The second-order valence-electron chi connectivity index (χ2n) is 8.96. The second-order valence-corrected chi connectivity index (χ2v) is 10.8. The van der Waals surface area contributed by atoms with Gasteiger partial charge >= 0.3 is 0 Å². The van der Waals surface area contributed by atoms with Crippen molar-refractivity contribution < 1.29 is 26.6 Å². The Labute approximate surface area is 219 Å². The lowest BCUT2D eigenvalue weighted by Gasteiger charge is -2.31. The Morgan fingerprint density at radius 2 is 1.89 bits per heavy atom. The minimum Gasteiger partial charge on any atom is -0.356 e. The maximum absolute atomic E-state index is 14.0. The van der Waals surface area contributed by atoms with E-state index >= 15 is 0 Å². The minimum absolute atomic E-state index is 0.00387. The predicted octanol–water partition coefficient (Wildman–Crippen LogP) is 4.99. The van der Waals surface area contributed by atoms with Gasteiger partial charge in [-0.2, -0.15) is 4.31 Å². The summed E-state index contributed by atoms with van der Waals surface area (Å²) in [4.78, 5) is 12.9. The molecule has 2 aromatic carbocycles. The molecule has 1 aliphatic rings. The number of benzene rings is 2. The maximum Gasteiger partial charge on any atom is 0.248 e. The highest BCUT2D eigenvalue weighted by molar-refractivity contribution is 7.89. The van der Waals surface area contributed by atoms with Crippen molar-refractivity contribution in [2.45, 2.75) is 24.7 Å². The van der Waals surface area contributed by atoms with Gasteiger partial charge in [-0.15, -0.1) is 0 Å². The molecule has 0 bridgehead atoms. The van der Waals surface area contributed by atoms with Crippen LogP contribution in [0.15, 0.2) is 74.7 Å². The average Bonchev–Trinajstić information content (AvgIpc) is 3.59. The van der Waals surface area contributed by atoms with E-state index in [-0.39, 0.29) is 40.9 Å². The van der Waals surface area contributed by atoms with Gasteiger partial charge < -0.3 is 14.4 Å². The Kier molecular flexibility index (Phi) is 7.21. The molecule has 38 heavy (non-hydrogen) atoms. The first-order valence-electron chi connectivity index (χ1n) is 12.0. The first-order valence-corrected chi connectivity index (χ1v) is 13.5. The molecule has 0 radical (unpaired) electrons. The van der Waals surface area contributed by atoms with Gasteiger partial charge in [-0.05, 0) is 62.2 Å². The van der Waals surface area contributed by atoms with E-state index in [9.17, 15) is 17.6 Å². The number of nitrogens with zero attached hydrogens (tertiary/aromatic N) is 3. The smallest absolute Gasteiger partial charge is 0.248 e. The number of nitrogens with one attached hydrogen (secondary N) is 1. The Hall–Kier alpha value is -4.09. The van der Waals surface area contributed by atoms with Gasteiger partial charge in [0.2, 0.25) is 15.9 Å². The second kappa shape index (κ2) is 10.7. The molecule has 1 amide bonds. The Balaban J connectivity index is 1.30. The summed E-state index contributed by atoms with van der Waals surface area (Å²) >= 11 is 0. The molecule has 196 valence electrons. The lowest BCUT2D eigenvalue weighted by Crippen LogP contribution is -2.43. The van der Waals surface area contributed by atoms with Gasteiger partial charge in [-0.1, -0.05) is 28.5 Å². The molecule has 2 aromatic heterocycles. The summed E-state index contributed by atoms with van der Waals surface area (Å²) in [6.45, 7) is 1.82. The molecular formula is C27H25FN4O5S. The summed E-state index contributed by atoms with van der Waals surface area (Å²) in [7, 11) is -4.03. The number of anilines is 1. The molecule has 9 nitrogen and oxygen atoms in total. The molecule has 0 saturated carbocycles. The number of hydrogen-bond acceptors (Lipinski definition) is 7. The van der Waals surface area contributed by atoms with Crippen molar-refractivity contribution in [1.29, 1.82) is 0 Å². The highest BCUT2D eigenvalue weighted by atomic mass is 32.2. The monoisotopic (exact) mass is 536 g/mol. The number of aryl methyl sites for hydroxylation is 1. The van der Waals surface area contributed by atoms with Gasteiger partial charge in [0.05, 0.1) is 12.1 Å². The van der Waals surface area contributed by atoms with E-state index in [1.807, 2.05) is 0 Å². The number of rotatable bonds is 7. The van der Waals surface area contributed by atoms with Gasteiger partial charge in [0.1, 0.15) is 11.5 Å².